The number of benzene rings is 1. The van der Waals surface area contributed by atoms with Crippen molar-refractivity contribution in [3.8, 4) is 0 Å². The van der Waals surface area contributed by atoms with Crippen LogP contribution in [0.5, 0.6) is 0 Å². The van der Waals surface area contributed by atoms with Crippen molar-refractivity contribution in [1.82, 2.24) is 10.2 Å². The van der Waals surface area contributed by atoms with Gasteiger partial charge in [-0.1, -0.05) is 6.07 Å². The number of amides is 1. The van der Waals surface area contributed by atoms with Crippen LogP contribution in [0.15, 0.2) is 22.7 Å². The van der Waals surface area contributed by atoms with Crippen LogP contribution < -0.4 is 5.32 Å². The van der Waals surface area contributed by atoms with E-state index >= 15 is 0 Å². The van der Waals surface area contributed by atoms with E-state index in [1.807, 2.05) is 7.05 Å². The van der Waals surface area contributed by atoms with E-state index in [0.717, 1.165) is 12.8 Å². The second kappa shape index (κ2) is 5.59. The van der Waals surface area contributed by atoms with E-state index in [1.165, 1.54) is 6.07 Å². The van der Waals surface area contributed by atoms with Crippen molar-refractivity contribution < 1.29 is 9.18 Å². The zero-order valence-electron chi connectivity index (χ0n) is 11.2. The number of halogens is 2. The molecule has 104 valence electrons. The maximum atomic E-state index is 13.5. The van der Waals surface area contributed by atoms with Crippen LogP contribution in [0.2, 0.25) is 0 Å². The molecule has 0 atom stereocenters. The summed E-state index contributed by atoms with van der Waals surface area (Å²) in [6.07, 6.45) is 1.81. The van der Waals surface area contributed by atoms with Crippen LogP contribution in [-0.4, -0.2) is 36.5 Å². The van der Waals surface area contributed by atoms with Crippen molar-refractivity contribution >= 4 is 21.8 Å². The average Bonchev–Trinajstić information content (AvgIpc) is 2.42. The van der Waals surface area contributed by atoms with Gasteiger partial charge in [-0.2, -0.15) is 0 Å². The molecular weight excluding hydrogens is 311 g/mol. The van der Waals surface area contributed by atoms with Gasteiger partial charge in [0.25, 0.3) is 5.91 Å². The van der Waals surface area contributed by atoms with Crippen molar-refractivity contribution in [1.29, 1.82) is 0 Å². The van der Waals surface area contributed by atoms with Gasteiger partial charge in [0.2, 0.25) is 0 Å². The normalized spacial score (nSPS) is 18.4. The number of likely N-dealkylation sites (tertiary alicyclic amines) is 1. The van der Waals surface area contributed by atoms with Crippen LogP contribution in [0.1, 0.15) is 30.1 Å². The fourth-order valence-corrected chi connectivity index (χ4v) is 2.73. The lowest BCUT2D eigenvalue weighted by atomic mass is 9.89. The smallest absolute Gasteiger partial charge is 0.255 e. The summed E-state index contributed by atoms with van der Waals surface area (Å²) in [7, 11) is 1.95. The van der Waals surface area contributed by atoms with Gasteiger partial charge < -0.3 is 10.2 Å². The lowest BCUT2D eigenvalue weighted by Gasteiger charge is -2.39. The average molecular weight is 329 g/mol. The molecule has 0 unspecified atom stereocenters. The number of nitrogens with one attached hydrogen (secondary N) is 1. The van der Waals surface area contributed by atoms with Gasteiger partial charge >= 0.3 is 0 Å². The van der Waals surface area contributed by atoms with Crippen LogP contribution in [0.25, 0.3) is 0 Å². The Bertz CT molecular complexity index is 484. The third-order valence-corrected chi connectivity index (χ3v) is 4.75. The Morgan fingerprint density at radius 3 is 2.63 bits per heavy atom. The number of hydrogen-bond donors (Lipinski definition) is 1. The van der Waals surface area contributed by atoms with Crippen LogP contribution in [0.3, 0.4) is 0 Å². The second-order valence-corrected chi connectivity index (χ2v) is 6.00. The standard InChI is InChI=1S/C14H18BrFN2O/c1-14(17-2)6-8-18(9-7-14)13(19)10-4-3-5-11(16)12(10)15/h3-5,17H,6-9H2,1-2H3. The third kappa shape index (κ3) is 2.98. The highest BCUT2D eigenvalue weighted by Gasteiger charge is 2.31. The first-order valence-electron chi connectivity index (χ1n) is 6.39. The Morgan fingerprint density at radius 2 is 2.05 bits per heavy atom. The fourth-order valence-electron chi connectivity index (χ4n) is 2.29. The number of carbonyl (C=O) groups excluding carboxylic acids is 1. The molecule has 0 spiro atoms. The van der Waals surface area contributed by atoms with Gasteiger partial charge in [0, 0.05) is 18.6 Å². The molecule has 1 saturated heterocycles. The molecule has 0 bridgehead atoms. The highest BCUT2D eigenvalue weighted by Crippen LogP contribution is 2.26. The van der Waals surface area contributed by atoms with Crippen molar-refractivity contribution in [3.05, 3.63) is 34.1 Å². The molecule has 19 heavy (non-hydrogen) atoms. The molecule has 1 aromatic carbocycles. The molecule has 0 aromatic heterocycles. The minimum absolute atomic E-state index is 0.0932. The Kier molecular flexibility index (Phi) is 4.26. The van der Waals surface area contributed by atoms with Gasteiger partial charge in [0.15, 0.2) is 0 Å². The summed E-state index contributed by atoms with van der Waals surface area (Å²) in [4.78, 5) is 14.2. The number of piperidine rings is 1. The lowest BCUT2D eigenvalue weighted by Crippen LogP contribution is -2.51. The summed E-state index contributed by atoms with van der Waals surface area (Å²) in [6, 6.07) is 4.56. The molecule has 0 saturated carbocycles. The number of rotatable bonds is 2. The quantitative estimate of drug-likeness (QED) is 0.905. The summed E-state index contributed by atoms with van der Waals surface area (Å²) < 4.78 is 13.7. The Labute approximate surface area is 121 Å². The summed E-state index contributed by atoms with van der Waals surface area (Å²) in [6.45, 7) is 3.55. The van der Waals surface area contributed by atoms with Gasteiger partial charge in [-0.15, -0.1) is 0 Å². The molecular formula is C14H18BrFN2O. The van der Waals surface area contributed by atoms with Crippen molar-refractivity contribution in [2.24, 2.45) is 0 Å². The Balaban J connectivity index is 2.12. The summed E-state index contributed by atoms with van der Waals surface area (Å²) in [5.74, 6) is -0.507. The van der Waals surface area contributed by atoms with Gasteiger partial charge in [-0.25, -0.2) is 4.39 Å². The molecule has 0 radical (unpaired) electrons. The molecule has 1 aliphatic rings. The molecule has 1 heterocycles. The molecule has 3 nitrogen and oxygen atoms in total. The van der Waals surface area contributed by atoms with E-state index in [1.54, 1.807) is 17.0 Å². The Hall–Kier alpha value is -0.940. The van der Waals surface area contributed by atoms with Gasteiger partial charge in [-0.05, 0) is 54.9 Å². The highest BCUT2D eigenvalue weighted by molar-refractivity contribution is 9.10. The molecule has 1 aliphatic heterocycles. The van der Waals surface area contributed by atoms with E-state index in [0.29, 0.717) is 18.7 Å². The lowest BCUT2D eigenvalue weighted by molar-refractivity contribution is 0.0660. The monoisotopic (exact) mass is 328 g/mol. The largest absolute Gasteiger partial charge is 0.338 e. The van der Waals surface area contributed by atoms with E-state index in [9.17, 15) is 9.18 Å². The van der Waals surface area contributed by atoms with E-state index < -0.39 is 5.82 Å². The van der Waals surface area contributed by atoms with Crippen molar-refractivity contribution in [2.75, 3.05) is 20.1 Å². The molecule has 0 aliphatic carbocycles. The van der Waals surface area contributed by atoms with Crippen molar-refractivity contribution in [3.63, 3.8) is 0 Å². The molecule has 5 heteroatoms. The van der Waals surface area contributed by atoms with Crippen LogP contribution in [0.4, 0.5) is 4.39 Å². The fraction of sp³-hybridized carbons (Fsp3) is 0.500. The van der Waals surface area contributed by atoms with Gasteiger partial charge in [-0.3, -0.25) is 4.79 Å². The zero-order chi connectivity index (χ0) is 14.0. The molecule has 1 aromatic rings. The maximum Gasteiger partial charge on any atom is 0.255 e. The molecule has 1 N–H and O–H groups in total. The van der Waals surface area contributed by atoms with Crippen LogP contribution in [-0.2, 0) is 0 Å². The Morgan fingerprint density at radius 1 is 1.42 bits per heavy atom. The molecule has 1 amide bonds. The van der Waals surface area contributed by atoms with E-state index in [2.05, 4.69) is 28.2 Å². The topological polar surface area (TPSA) is 32.3 Å². The first kappa shape index (κ1) is 14.5. The minimum atomic E-state index is -0.400. The first-order valence-corrected chi connectivity index (χ1v) is 7.18. The van der Waals surface area contributed by atoms with Crippen LogP contribution in [0, 0.1) is 5.82 Å². The predicted octanol–water partition coefficient (Wildman–Crippen LogP) is 2.80. The zero-order valence-corrected chi connectivity index (χ0v) is 12.8. The predicted molar refractivity (Wildman–Crippen MR) is 76.7 cm³/mol. The maximum absolute atomic E-state index is 13.5. The van der Waals surface area contributed by atoms with E-state index in [4.69, 9.17) is 0 Å². The first-order chi connectivity index (χ1) is 8.97. The SMILES string of the molecule is CNC1(C)CCN(C(=O)c2cccc(F)c2Br)CC1. The van der Waals surface area contributed by atoms with Gasteiger partial charge in [0.1, 0.15) is 5.82 Å². The molecule has 2 rings (SSSR count). The van der Waals surface area contributed by atoms with E-state index in [-0.39, 0.29) is 15.9 Å². The highest BCUT2D eigenvalue weighted by atomic mass is 79.9. The number of nitrogens with zero attached hydrogens (tertiary/aromatic N) is 1. The number of carbonyl (C=O) groups is 1. The van der Waals surface area contributed by atoms with Gasteiger partial charge in [0.05, 0.1) is 10.0 Å². The minimum Gasteiger partial charge on any atom is -0.338 e. The third-order valence-electron chi connectivity index (χ3n) is 3.94. The summed E-state index contributed by atoms with van der Waals surface area (Å²) in [5.41, 5.74) is 0.490. The van der Waals surface area contributed by atoms with Crippen LogP contribution >= 0.6 is 15.9 Å². The van der Waals surface area contributed by atoms with Crippen molar-refractivity contribution in [2.45, 2.75) is 25.3 Å². The summed E-state index contributed by atoms with van der Waals surface area (Å²) >= 11 is 3.15. The molecule has 1 fully saturated rings. The summed E-state index contributed by atoms with van der Waals surface area (Å²) in [5, 5.41) is 3.29. The second-order valence-electron chi connectivity index (χ2n) is 5.20. The number of hydrogen-bond acceptors (Lipinski definition) is 2.